The van der Waals surface area contributed by atoms with E-state index in [4.69, 9.17) is 16.7 Å². The third kappa shape index (κ3) is 5.80. The summed E-state index contributed by atoms with van der Waals surface area (Å²) in [4.78, 5) is 11.2. The van der Waals surface area contributed by atoms with Gasteiger partial charge < -0.3 is 15.7 Å². The minimum atomic E-state index is -4.44. The van der Waals surface area contributed by atoms with Gasteiger partial charge >= 0.3 is 6.18 Å². The Labute approximate surface area is 112 Å². The number of hydrogen-bond donors (Lipinski definition) is 3. The minimum Gasteiger partial charge on any atom is -0.392 e. The Morgan fingerprint density at radius 3 is 2.63 bits per heavy atom. The molecule has 4 nitrogen and oxygen atoms in total. The normalized spacial score (nSPS) is 11.2. The molecule has 0 spiro atoms. The lowest BCUT2D eigenvalue weighted by atomic mass is 10.2. The van der Waals surface area contributed by atoms with Crippen LogP contribution in [0.1, 0.15) is 5.56 Å². The van der Waals surface area contributed by atoms with E-state index < -0.39 is 18.6 Å². The predicted octanol–water partition coefficient (Wildman–Crippen LogP) is 1.92. The summed E-state index contributed by atoms with van der Waals surface area (Å²) in [7, 11) is 0. The molecule has 19 heavy (non-hydrogen) atoms. The lowest BCUT2D eigenvalue weighted by molar-refractivity contribution is -0.137. The summed E-state index contributed by atoms with van der Waals surface area (Å²) in [5, 5.41) is 13.6. The Kier molecular flexibility index (Phi) is 5.44. The average molecular weight is 297 g/mol. The third-order valence-electron chi connectivity index (χ3n) is 2.14. The Balaban J connectivity index is 2.50. The number of hydrogen-bond acceptors (Lipinski definition) is 3. The van der Waals surface area contributed by atoms with E-state index in [9.17, 15) is 18.0 Å². The summed E-state index contributed by atoms with van der Waals surface area (Å²) in [6.45, 7) is -1.92. The SMILES string of the molecule is O=C(CNc1cc(CO)ccc1Cl)NCC(F)(F)F. The fourth-order valence-electron chi connectivity index (χ4n) is 1.24. The highest BCUT2D eigenvalue weighted by Gasteiger charge is 2.27. The molecule has 1 amide bonds. The number of aliphatic hydroxyl groups excluding tert-OH is 1. The van der Waals surface area contributed by atoms with Gasteiger partial charge in [0.15, 0.2) is 0 Å². The van der Waals surface area contributed by atoms with Crippen LogP contribution in [-0.2, 0) is 11.4 Å². The predicted molar refractivity (Wildman–Crippen MR) is 64.9 cm³/mol. The smallest absolute Gasteiger partial charge is 0.392 e. The number of anilines is 1. The van der Waals surface area contributed by atoms with E-state index in [0.29, 0.717) is 16.3 Å². The average Bonchev–Trinajstić information content (AvgIpc) is 2.34. The standard InChI is InChI=1S/C11H12ClF3N2O2/c12-8-2-1-7(5-18)3-9(8)16-4-10(19)17-6-11(13,14)15/h1-3,16,18H,4-6H2,(H,17,19). The molecule has 0 aliphatic rings. The van der Waals surface area contributed by atoms with Crippen LogP contribution in [0.4, 0.5) is 18.9 Å². The van der Waals surface area contributed by atoms with Crippen molar-refractivity contribution in [1.82, 2.24) is 5.32 Å². The number of carbonyl (C=O) groups is 1. The zero-order valence-electron chi connectivity index (χ0n) is 9.72. The monoisotopic (exact) mass is 296 g/mol. The zero-order chi connectivity index (χ0) is 14.5. The Hall–Kier alpha value is -1.47. The molecule has 0 heterocycles. The van der Waals surface area contributed by atoms with Crippen molar-refractivity contribution >= 4 is 23.2 Å². The summed E-state index contributed by atoms with van der Waals surface area (Å²) >= 11 is 5.83. The van der Waals surface area contributed by atoms with Gasteiger partial charge in [-0.15, -0.1) is 0 Å². The Bertz CT molecular complexity index is 452. The van der Waals surface area contributed by atoms with Gasteiger partial charge in [0.2, 0.25) is 5.91 Å². The first-order chi connectivity index (χ1) is 8.81. The Morgan fingerprint density at radius 1 is 1.37 bits per heavy atom. The van der Waals surface area contributed by atoms with Crippen LogP contribution >= 0.6 is 11.6 Å². The van der Waals surface area contributed by atoms with Crippen molar-refractivity contribution in [2.75, 3.05) is 18.4 Å². The van der Waals surface area contributed by atoms with E-state index in [1.807, 2.05) is 0 Å². The van der Waals surface area contributed by atoms with Crippen molar-refractivity contribution in [2.45, 2.75) is 12.8 Å². The largest absolute Gasteiger partial charge is 0.405 e. The molecule has 3 N–H and O–H groups in total. The van der Waals surface area contributed by atoms with E-state index in [1.165, 1.54) is 12.1 Å². The molecule has 106 valence electrons. The first-order valence-electron chi connectivity index (χ1n) is 5.28. The molecule has 0 unspecified atom stereocenters. The fourth-order valence-corrected chi connectivity index (χ4v) is 1.43. The number of nitrogens with one attached hydrogen (secondary N) is 2. The van der Waals surface area contributed by atoms with E-state index in [2.05, 4.69) is 5.32 Å². The van der Waals surface area contributed by atoms with Gasteiger partial charge in [-0.3, -0.25) is 4.79 Å². The summed E-state index contributed by atoms with van der Waals surface area (Å²) in [5.74, 6) is -0.803. The van der Waals surface area contributed by atoms with Crippen LogP contribution in [0, 0.1) is 0 Å². The molecule has 1 aromatic carbocycles. The molecule has 1 rings (SSSR count). The van der Waals surface area contributed by atoms with Gasteiger partial charge in [0.25, 0.3) is 0 Å². The molecule has 0 saturated carbocycles. The second kappa shape index (κ2) is 6.63. The Morgan fingerprint density at radius 2 is 2.05 bits per heavy atom. The molecular weight excluding hydrogens is 285 g/mol. The molecular formula is C11H12ClF3N2O2. The molecule has 0 aliphatic heterocycles. The summed E-state index contributed by atoms with van der Waals surface area (Å²) in [6.07, 6.45) is -4.44. The highest BCUT2D eigenvalue weighted by Crippen LogP contribution is 2.22. The topological polar surface area (TPSA) is 61.4 Å². The van der Waals surface area contributed by atoms with Gasteiger partial charge in [0.05, 0.1) is 23.9 Å². The number of aliphatic hydroxyl groups is 1. The molecule has 0 atom stereocenters. The van der Waals surface area contributed by atoms with E-state index >= 15 is 0 Å². The maximum absolute atomic E-state index is 11.9. The number of benzene rings is 1. The van der Waals surface area contributed by atoms with Crippen molar-refractivity contribution < 1.29 is 23.1 Å². The number of rotatable bonds is 5. The van der Waals surface area contributed by atoms with Crippen molar-refractivity contribution in [3.05, 3.63) is 28.8 Å². The first kappa shape index (κ1) is 15.6. The molecule has 0 radical (unpaired) electrons. The van der Waals surface area contributed by atoms with Crippen LogP contribution in [0.25, 0.3) is 0 Å². The van der Waals surface area contributed by atoms with Crippen LogP contribution in [0.3, 0.4) is 0 Å². The number of carbonyl (C=O) groups excluding carboxylic acids is 1. The van der Waals surface area contributed by atoms with Gasteiger partial charge in [0.1, 0.15) is 6.54 Å². The highest BCUT2D eigenvalue weighted by molar-refractivity contribution is 6.33. The van der Waals surface area contributed by atoms with Gasteiger partial charge in [-0.2, -0.15) is 13.2 Å². The van der Waals surface area contributed by atoms with Crippen molar-refractivity contribution in [3.8, 4) is 0 Å². The van der Waals surface area contributed by atoms with Gasteiger partial charge in [-0.1, -0.05) is 17.7 Å². The highest BCUT2D eigenvalue weighted by atomic mass is 35.5. The lowest BCUT2D eigenvalue weighted by Gasteiger charge is -2.11. The van der Waals surface area contributed by atoms with E-state index in [-0.39, 0.29) is 13.2 Å². The third-order valence-corrected chi connectivity index (χ3v) is 2.47. The van der Waals surface area contributed by atoms with Crippen LogP contribution in [0.15, 0.2) is 18.2 Å². The van der Waals surface area contributed by atoms with Gasteiger partial charge in [0, 0.05) is 0 Å². The molecule has 0 fully saturated rings. The maximum atomic E-state index is 11.9. The lowest BCUT2D eigenvalue weighted by Crippen LogP contribution is -2.37. The second-order valence-electron chi connectivity index (χ2n) is 3.72. The first-order valence-corrected chi connectivity index (χ1v) is 5.66. The van der Waals surface area contributed by atoms with E-state index in [1.54, 1.807) is 11.4 Å². The molecule has 1 aromatic rings. The van der Waals surface area contributed by atoms with Crippen molar-refractivity contribution in [1.29, 1.82) is 0 Å². The summed E-state index contributed by atoms with van der Waals surface area (Å²) in [5.41, 5.74) is 0.943. The van der Waals surface area contributed by atoms with E-state index in [0.717, 1.165) is 0 Å². The number of amides is 1. The van der Waals surface area contributed by atoms with Crippen LogP contribution < -0.4 is 10.6 Å². The zero-order valence-corrected chi connectivity index (χ0v) is 10.5. The second-order valence-corrected chi connectivity index (χ2v) is 4.12. The minimum absolute atomic E-state index is 0.202. The summed E-state index contributed by atoms with van der Waals surface area (Å²) < 4.78 is 35.6. The molecule has 0 aliphatic carbocycles. The quantitative estimate of drug-likeness (QED) is 0.778. The number of halogens is 4. The fraction of sp³-hybridized carbons (Fsp3) is 0.364. The van der Waals surface area contributed by atoms with Crippen molar-refractivity contribution in [2.24, 2.45) is 0 Å². The molecule has 8 heteroatoms. The molecule has 0 saturated heterocycles. The molecule has 0 aromatic heterocycles. The van der Waals surface area contributed by atoms with Gasteiger partial charge in [-0.25, -0.2) is 0 Å². The van der Waals surface area contributed by atoms with Crippen molar-refractivity contribution in [3.63, 3.8) is 0 Å². The van der Waals surface area contributed by atoms with Crippen LogP contribution in [0.5, 0.6) is 0 Å². The number of alkyl halides is 3. The maximum Gasteiger partial charge on any atom is 0.405 e. The molecule has 0 bridgehead atoms. The van der Waals surface area contributed by atoms with Gasteiger partial charge in [-0.05, 0) is 17.7 Å². The van der Waals surface area contributed by atoms with Crippen LogP contribution in [-0.4, -0.2) is 30.3 Å². The van der Waals surface area contributed by atoms with Crippen LogP contribution in [0.2, 0.25) is 5.02 Å². The summed E-state index contributed by atoms with van der Waals surface area (Å²) in [6, 6.07) is 4.62.